The highest BCUT2D eigenvalue weighted by atomic mass is 35.5. The van der Waals surface area contributed by atoms with E-state index in [1.54, 1.807) is 6.07 Å². The van der Waals surface area contributed by atoms with Gasteiger partial charge in [0.15, 0.2) is 5.82 Å². The molecule has 0 fully saturated rings. The van der Waals surface area contributed by atoms with E-state index in [4.69, 9.17) is 25.9 Å². The van der Waals surface area contributed by atoms with Crippen molar-refractivity contribution in [1.82, 2.24) is 9.97 Å². The molecular weight excluding hydrogens is 274 g/mol. The van der Waals surface area contributed by atoms with Crippen LogP contribution in [0.25, 0.3) is 0 Å². The van der Waals surface area contributed by atoms with E-state index in [0.717, 1.165) is 0 Å². The number of hydrogen-bond acceptors (Lipinski definition) is 6. The van der Waals surface area contributed by atoms with E-state index in [9.17, 15) is 4.79 Å². The van der Waals surface area contributed by atoms with Crippen LogP contribution in [0.5, 0.6) is 6.01 Å². The molecule has 0 aliphatic heterocycles. The molecule has 0 atom stereocenters. The molecule has 0 unspecified atom stereocenters. The van der Waals surface area contributed by atoms with Crippen LogP contribution in [0.4, 0.5) is 5.82 Å². The molecular formula is C11H10ClN3O4. The molecule has 0 aliphatic rings. The number of nitrogens with zero attached hydrogens (tertiary/aromatic N) is 2. The van der Waals surface area contributed by atoms with Crippen LogP contribution >= 0.6 is 11.6 Å². The molecule has 2 N–H and O–H groups in total. The van der Waals surface area contributed by atoms with Crippen molar-refractivity contribution < 1.29 is 19.1 Å². The maximum atomic E-state index is 10.7. The minimum atomic E-state index is -1.12. The number of furan rings is 1. The molecule has 2 aromatic heterocycles. The third kappa shape index (κ3) is 3.14. The van der Waals surface area contributed by atoms with E-state index in [1.165, 1.54) is 19.4 Å². The number of anilines is 1. The van der Waals surface area contributed by atoms with Gasteiger partial charge < -0.3 is 19.6 Å². The third-order valence-electron chi connectivity index (χ3n) is 2.21. The Kier molecular flexibility index (Phi) is 3.86. The van der Waals surface area contributed by atoms with E-state index in [-0.39, 0.29) is 18.3 Å². The Hall–Kier alpha value is -2.28. The van der Waals surface area contributed by atoms with Crippen LogP contribution in [-0.4, -0.2) is 28.2 Å². The number of rotatable bonds is 5. The first-order valence-corrected chi connectivity index (χ1v) is 5.60. The van der Waals surface area contributed by atoms with E-state index < -0.39 is 5.97 Å². The zero-order valence-corrected chi connectivity index (χ0v) is 10.6. The average molecular weight is 284 g/mol. The number of carbonyl (C=O) groups is 1. The maximum absolute atomic E-state index is 10.7. The van der Waals surface area contributed by atoms with Gasteiger partial charge in [0.05, 0.1) is 19.9 Å². The first-order valence-electron chi connectivity index (χ1n) is 5.22. The topological polar surface area (TPSA) is 97.5 Å². The largest absolute Gasteiger partial charge is 0.475 e. The van der Waals surface area contributed by atoms with E-state index >= 15 is 0 Å². The van der Waals surface area contributed by atoms with Crippen LogP contribution < -0.4 is 10.1 Å². The quantitative estimate of drug-likeness (QED) is 0.866. The summed E-state index contributed by atoms with van der Waals surface area (Å²) < 4.78 is 9.96. The second kappa shape index (κ2) is 5.57. The molecule has 0 aliphatic carbocycles. The summed E-state index contributed by atoms with van der Waals surface area (Å²) in [6.07, 6.45) is 1.40. The summed E-state index contributed by atoms with van der Waals surface area (Å²) in [7, 11) is 1.44. The molecule has 19 heavy (non-hydrogen) atoms. The van der Waals surface area contributed by atoms with Crippen LogP contribution in [-0.2, 0) is 6.54 Å². The van der Waals surface area contributed by atoms with Crippen molar-refractivity contribution in [3.63, 3.8) is 0 Å². The van der Waals surface area contributed by atoms with Crippen LogP contribution in [0.15, 0.2) is 22.7 Å². The van der Waals surface area contributed by atoms with Crippen molar-refractivity contribution in [1.29, 1.82) is 0 Å². The van der Waals surface area contributed by atoms with Gasteiger partial charge in [-0.1, -0.05) is 11.6 Å². The van der Waals surface area contributed by atoms with Gasteiger partial charge in [-0.3, -0.25) is 0 Å². The van der Waals surface area contributed by atoms with Crippen molar-refractivity contribution >= 4 is 23.4 Å². The third-order valence-corrected chi connectivity index (χ3v) is 2.48. The first kappa shape index (κ1) is 13.2. The average Bonchev–Trinajstić information content (AvgIpc) is 2.87. The van der Waals surface area contributed by atoms with Gasteiger partial charge in [-0.05, 0) is 12.1 Å². The smallest absolute Gasteiger partial charge is 0.371 e. The lowest BCUT2D eigenvalue weighted by atomic mass is 10.4. The Morgan fingerprint density at radius 1 is 1.58 bits per heavy atom. The van der Waals surface area contributed by atoms with E-state index in [1.807, 2.05) is 0 Å². The van der Waals surface area contributed by atoms with Crippen LogP contribution in [0.2, 0.25) is 5.02 Å². The highest BCUT2D eigenvalue weighted by Crippen LogP contribution is 2.21. The Morgan fingerprint density at radius 3 is 3.00 bits per heavy atom. The van der Waals surface area contributed by atoms with Crippen LogP contribution in [0.1, 0.15) is 16.3 Å². The molecule has 2 heterocycles. The first-order chi connectivity index (χ1) is 9.10. The summed E-state index contributed by atoms with van der Waals surface area (Å²) in [5.41, 5.74) is 0. The monoisotopic (exact) mass is 283 g/mol. The molecule has 0 bridgehead atoms. The van der Waals surface area contributed by atoms with Gasteiger partial charge in [-0.15, -0.1) is 0 Å². The van der Waals surface area contributed by atoms with Gasteiger partial charge in [0.1, 0.15) is 10.8 Å². The van der Waals surface area contributed by atoms with Crippen LogP contribution in [0.3, 0.4) is 0 Å². The van der Waals surface area contributed by atoms with Gasteiger partial charge in [0, 0.05) is 0 Å². The molecule has 2 aromatic rings. The molecule has 0 saturated heterocycles. The molecule has 7 nitrogen and oxygen atoms in total. The molecule has 0 radical (unpaired) electrons. The summed E-state index contributed by atoms with van der Waals surface area (Å²) in [6.45, 7) is 0.243. The lowest BCUT2D eigenvalue weighted by Crippen LogP contribution is -2.03. The maximum Gasteiger partial charge on any atom is 0.371 e. The second-order valence-corrected chi connectivity index (χ2v) is 3.89. The zero-order valence-electron chi connectivity index (χ0n) is 9.88. The number of nitrogens with one attached hydrogen (secondary N) is 1. The minimum Gasteiger partial charge on any atom is -0.475 e. The van der Waals surface area contributed by atoms with Crippen molar-refractivity contribution in [2.45, 2.75) is 6.54 Å². The molecule has 2 rings (SSSR count). The lowest BCUT2D eigenvalue weighted by Gasteiger charge is -2.06. The molecule has 100 valence electrons. The number of aromatic nitrogens is 2. The molecule has 0 saturated carbocycles. The Labute approximate surface area is 113 Å². The normalized spacial score (nSPS) is 10.2. The fourth-order valence-electron chi connectivity index (χ4n) is 1.33. The summed E-state index contributed by atoms with van der Waals surface area (Å²) >= 11 is 5.91. The van der Waals surface area contributed by atoms with E-state index in [0.29, 0.717) is 16.6 Å². The standard InChI is InChI=1S/C11H10ClN3O4/c1-18-11-14-5-7(12)9(15-11)13-4-6-2-3-8(19-6)10(16)17/h2-3,5H,4H2,1H3,(H,16,17)(H,13,14,15). The Bertz CT molecular complexity index is 599. The number of hydrogen-bond donors (Lipinski definition) is 2. The number of ether oxygens (including phenoxy) is 1. The minimum absolute atomic E-state index is 0.122. The van der Waals surface area contributed by atoms with Gasteiger partial charge in [0.25, 0.3) is 0 Å². The van der Waals surface area contributed by atoms with Gasteiger partial charge in [-0.25, -0.2) is 9.78 Å². The van der Waals surface area contributed by atoms with Crippen molar-refractivity contribution in [3.8, 4) is 6.01 Å². The fourth-order valence-corrected chi connectivity index (χ4v) is 1.49. The van der Waals surface area contributed by atoms with Crippen molar-refractivity contribution in [3.05, 3.63) is 34.9 Å². The van der Waals surface area contributed by atoms with Crippen molar-refractivity contribution in [2.24, 2.45) is 0 Å². The molecule has 0 amide bonds. The molecule has 0 spiro atoms. The highest BCUT2D eigenvalue weighted by Gasteiger charge is 2.10. The number of methoxy groups -OCH3 is 1. The fraction of sp³-hybridized carbons (Fsp3) is 0.182. The number of halogens is 1. The highest BCUT2D eigenvalue weighted by molar-refractivity contribution is 6.32. The Balaban J connectivity index is 2.07. The summed E-state index contributed by atoms with van der Waals surface area (Å²) in [4.78, 5) is 18.5. The summed E-state index contributed by atoms with van der Waals surface area (Å²) in [6, 6.07) is 3.11. The lowest BCUT2D eigenvalue weighted by molar-refractivity contribution is 0.0660. The SMILES string of the molecule is COc1ncc(Cl)c(NCc2ccc(C(=O)O)o2)n1. The van der Waals surface area contributed by atoms with Gasteiger partial charge in [-0.2, -0.15) is 4.98 Å². The predicted molar refractivity (Wildman–Crippen MR) is 66.6 cm³/mol. The summed E-state index contributed by atoms with van der Waals surface area (Å²) in [5.74, 6) is -0.413. The molecule has 8 heteroatoms. The van der Waals surface area contributed by atoms with Gasteiger partial charge >= 0.3 is 12.0 Å². The predicted octanol–water partition coefficient (Wildman–Crippen LogP) is 2.04. The number of aromatic carboxylic acids is 1. The van der Waals surface area contributed by atoms with Gasteiger partial charge in [0.2, 0.25) is 5.76 Å². The number of carboxylic acid groups (broad SMARTS) is 1. The molecule has 0 aromatic carbocycles. The number of carboxylic acids is 1. The Morgan fingerprint density at radius 2 is 2.37 bits per heavy atom. The van der Waals surface area contributed by atoms with Crippen LogP contribution in [0, 0.1) is 0 Å². The summed E-state index contributed by atoms with van der Waals surface area (Å²) in [5, 5.41) is 12.0. The van der Waals surface area contributed by atoms with E-state index in [2.05, 4.69) is 15.3 Å². The zero-order chi connectivity index (χ0) is 13.8. The second-order valence-electron chi connectivity index (χ2n) is 3.48. The van der Waals surface area contributed by atoms with Crippen molar-refractivity contribution in [2.75, 3.05) is 12.4 Å².